The summed E-state index contributed by atoms with van der Waals surface area (Å²) < 4.78 is 13.4. The van der Waals surface area contributed by atoms with Crippen LogP contribution in [0, 0.1) is 12.7 Å². The molecule has 1 aromatic heterocycles. The number of fused-ring (bicyclic) bond motifs is 1. The van der Waals surface area contributed by atoms with Crippen molar-refractivity contribution in [1.29, 1.82) is 0 Å². The van der Waals surface area contributed by atoms with E-state index in [1.807, 2.05) is 18.2 Å². The third-order valence-electron chi connectivity index (χ3n) is 6.24. The molecule has 2 unspecified atom stereocenters. The van der Waals surface area contributed by atoms with Crippen molar-refractivity contribution in [2.75, 3.05) is 7.05 Å². The molecule has 1 aliphatic rings. The number of benzene rings is 2. The highest BCUT2D eigenvalue weighted by Gasteiger charge is 2.26. The molecule has 0 saturated carbocycles. The zero-order valence-electron chi connectivity index (χ0n) is 20.1. The van der Waals surface area contributed by atoms with Crippen molar-refractivity contribution in [3.05, 3.63) is 93.8 Å². The van der Waals surface area contributed by atoms with Crippen molar-refractivity contribution in [2.45, 2.75) is 38.5 Å². The summed E-state index contributed by atoms with van der Waals surface area (Å²) in [6, 6.07) is 11.7. The van der Waals surface area contributed by atoms with Gasteiger partial charge in [0, 0.05) is 19.7 Å². The molecule has 0 bridgehead atoms. The van der Waals surface area contributed by atoms with Gasteiger partial charge in [0.05, 0.1) is 6.04 Å². The maximum Gasteiger partial charge on any atom is 0.270 e. The Labute approximate surface area is 208 Å². The smallest absolute Gasteiger partial charge is 0.270 e. The average molecular weight is 493 g/mol. The van der Waals surface area contributed by atoms with Gasteiger partial charge in [0.2, 0.25) is 0 Å². The summed E-state index contributed by atoms with van der Waals surface area (Å²) in [4.78, 5) is 33.5. The summed E-state index contributed by atoms with van der Waals surface area (Å²) in [6.07, 6.45) is 2.38. The first-order chi connectivity index (χ1) is 17.3. The highest BCUT2D eigenvalue weighted by atomic mass is 19.1. The number of carbonyl (C=O) groups excluding carboxylic acids is 2. The molecule has 0 saturated heterocycles. The minimum absolute atomic E-state index is 0.0664. The second-order valence-electron chi connectivity index (χ2n) is 8.81. The van der Waals surface area contributed by atoms with Gasteiger partial charge in [-0.3, -0.25) is 21.3 Å². The molecule has 0 spiro atoms. The largest absolute Gasteiger partial charge is 0.347 e. The summed E-state index contributed by atoms with van der Waals surface area (Å²) in [5.41, 5.74) is 7.14. The maximum absolute atomic E-state index is 13.4. The van der Waals surface area contributed by atoms with Gasteiger partial charge in [0.25, 0.3) is 11.8 Å². The van der Waals surface area contributed by atoms with Crippen LogP contribution in [-0.4, -0.2) is 33.8 Å². The third-order valence-corrected chi connectivity index (χ3v) is 6.24. The molecule has 1 heterocycles. The van der Waals surface area contributed by atoms with E-state index in [2.05, 4.69) is 26.0 Å². The van der Waals surface area contributed by atoms with Crippen molar-refractivity contribution in [3.8, 4) is 0 Å². The molecular formula is C25H29FN8O2. The van der Waals surface area contributed by atoms with Crippen LogP contribution < -0.4 is 27.7 Å². The number of halogens is 1. The van der Waals surface area contributed by atoms with Crippen LogP contribution in [0.4, 0.5) is 4.39 Å². The van der Waals surface area contributed by atoms with Gasteiger partial charge in [-0.05, 0) is 53.6 Å². The number of nitrogens with zero attached hydrogens (tertiary/aromatic N) is 3. The van der Waals surface area contributed by atoms with Gasteiger partial charge in [-0.2, -0.15) is 0 Å². The van der Waals surface area contributed by atoms with E-state index < -0.39 is 11.8 Å². The Kier molecular flexibility index (Phi) is 7.65. The SMILES string of the molecule is Cc1cc(CNC(=O)c2cc(C(=O)NC3CCc4cc(C(NN)N(C)N)ccc43)ncn2)ccc1F. The Morgan fingerprint density at radius 2 is 1.89 bits per heavy atom. The summed E-state index contributed by atoms with van der Waals surface area (Å²) in [5, 5.41) is 7.22. The zero-order valence-corrected chi connectivity index (χ0v) is 20.1. The predicted molar refractivity (Wildman–Crippen MR) is 131 cm³/mol. The number of hydrazine groups is 2. The fourth-order valence-corrected chi connectivity index (χ4v) is 4.33. The second kappa shape index (κ2) is 10.9. The highest BCUT2D eigenvalue weighted by Crippen LogP contribution is 2.33. The first-order valence-corrected chi connectivity index (χ1v) is 11.5. The monoisotopic (exact) mass is 492 g/mol. The number of nitrogens with one attached hydrogen (secondary N) is 3. The van der Waals surface area contributed by atoms with Gasteiger partial charge in [-0.25, -0.2) is 24.8 Å². The molecule has 0 radical (unpaired) electrons. The number of aryl methyl sites for hydroxylation is 2. The lowest BCUT2D eigenvalue weighted by atomic mass is 10.0. The van der Waals surface area contributed by atoms with E-state index in [0.717, 1.165) is 35.1 Å². The molecule has 10 nitrogen and oxygen atoms in total. The van der Waals surface area contributed by atoms with Crippen molar-refractivity contribution >= 4 is 11.8 Å². The van der Waals surface area contributed by atoms with Crippen molar-refractivity contribution in [1.82, 2.24) is 31.0 Å². The highest BCUT2D eigenvalue weighted by molar-refractivity contribution is 5.97. The Hall–Kier alpha value is -3.77. The van der Waals surface area contributed by atoms with Gasteiger partial charge < -0.3 is 10.6 Å². The quantitative estimate of drug-likeness (QED) is 0.180. The number of hydrogen-bond donors (Lipinski definition) is 5. The van der Waals surface area contributed by atoms with Crippen LogP contribution in [0.25, 0.3) is 0 Å². The van der Waals surface area contributed by atoms with Crippen LogP contribution in [0.5, 0.6) is 0 Å². The standard InChI is InChI=1S/C25H29FN8O2/c1-14-9-15(3-7-19(14)26)12-29-24(35)21-11-22(31-13-30-21)25(36)32-20-8-5-16-10-17(4-6-18(16)20)23(33-27)34(2)28/h3-4,6-7,9-11,13,20,23,33H,5,8,12,27-28H2,1-2H3,(H,29,35)(H,32,36). The predicted octanol–water partition coefficient (Wildman–Crippen LogP) is 1.54. The van der Waals surface area contributed by atoms with Crippen molar-refractivity contribution in [3.63, 3.8) is 0 Å². The molecule has 2 amide bonds. The van der Waals surface area contributed by atoms with Crippen LogP contribution in [0.1, 0.15) is 67.4 Å². The van der Waals surface area contributed by atoms with Gasteiger partial charge in [-0.1, -0.05) is 30.3 Å². The summed E-state index contributed by atoms with van der Waals surface area (Å²) in [6.45, 7) is 1.86. The van der Waals surface area contributed by atoms with Crippen molar-refractivity contribution in [2.24, 2.45) is 11.7 Å². The average Bonchev–Trinajstić information content (AvgIpc) is 3.26. The molecule has 0 aliphatic heterocycles. The lowest BCUT2D eigenvalue weighted by Crippen LogP contribution is -2.43. The van der Waals surface area contributed by atoms with E-state index in [4.69, 9.17) is 11.7 Å². The molecule has 2 atom stereocenters. The molecule has 1 aliphatic carbocycles. The molecule has 11 heteroatoms. The number of amides is 2. The number of carbonyl (C=O) groups is 2. The van der Waals surface area contributed by atoms with E-state index >= 15 is 0 Å². The van der Waals surface area contributed by atoms with Crippen LogP contribution in [0.15, 0.2) is 48.8 Å². The Morgan fingerprint density at radius 1 is 1.14 bits per heavy atom. The minimum Gasteiger partial charge on any atom is -0.347 e. The fraction of sp³-hybridized carbons (Fsp3) is 0.280. The lowest BCUT2D eigenvalue weighted by molar-refractivity contribution is 0.0931. The third kappa shape index (κ3) is 5.55. The molecule has 188 valence electrons. The van der Waals surface area contributed by atoms with Crippen LogP contribution in [0.3, 0.4) is 0 Å². The van der Waals surface area contributed by atoms with Crippen molar-refractivity contribution < 1.29 is 14.0 Å². The molecule has 7 N–H and O–H groups in total. The van der Waals surface area contributed by atoms with E-state index in [1.165, 1.54) is 23.5 Å². The summed E-state index contributed by atoms with van der Waals surface area (Å²) in [5.74, 6) is 10.3. The van der Waals surface area contributed by atoms with Crippen LogP contribution in [-0.2, 0) is 13.0 Å². The van der Waals surface area contributed by atoms with Gasteiger partial charge in [-0.15, -0.1) is 0 Å². The first kappa shape index (κ1) is 25.3. The van der Waals surface area contributed by atoms with E-state index in [-0.39, 0.29) is 36.0 Å². The topological polar surface area (TPSA) is 151 Å². The number of rotatable bonds is 8. The Balaban J connectivity index is 1.41. The maximum atomic E-state index is 13.4. The van der Waals surface area contributed by atoms with Gasteiger partial charge in [0.1, 0.15) is 29.7 Å². The normalized spacial score (nSPS) is 15.4. The fourth-order valence-electron chi connectivity index (χ4n) is 4.33. The van der Waals surface area contributed by atoms with E-state index in [0.29, 0.717) is 5.56 Å². The number of nitrogens with two attached hydrogens (primary N) is 2. The van der Waals surface area contributed by atoms with Crippen LogP contribution >= 0.6 is 0 Å². The van der Waals surface area contributed by atoms with Gasteiger partial charge >= 0.3 is 0 Å². The first-order valence-electron chi connectivity index (χ1n) is 11.5. The molecule has 0 fully saturated rings. The Bertz CT molecular complexity index is 1280. The second-order valence-corrected chi connectivity index (χ2v) is 8.81. The minimum atomic E-state index is -0.458. The molecule has 2 aromatic carbocycles. The Morgan fingerprint density at radius 3 is 2.58 bits per heavy atom. The summed E-state index contributed by atoms with van der Waals surface area (Å²) in [7, 11) is 1.72. The lowest BCUT2D eigenvalue weighted by Gasteiger charge is -2.24. The molecule has 4 rings (SSSR count). The molecule has 36 heavy (non-hydrogen) atoms. The zero-order chi connectivity index (χ0) is 25.8. The van der Waals surface area contributed by atoms with E-state index in [1.54, 1.807) is 26.1 Å². The molecular weight excluding hydrogens is 463 g/mol. The summed E-state index contributed by atoms with van der Waals surface area (Å²) >= 11 is 0. The number of aromatic nitrogens is 2. The van der Waals surface area contributed by atoms with E-state index in [9.17, 15) is 14.0 Å². The number of hydrogen-bond acceptors (Lipinski definition) is 8. The van der Waals surface area contributed by atoms with Crippen LogP contribution in [0.2, 0.25) is 0 Å². The molecule has 3 aromatic rings. The van der Waals surface area contributed by atoms with Gasteiger partial charge in [0.15, 0.2) is 0 Å².